The van der Waals surface area contributed by atoms with Crippen LogP contribution in [0.4, 0.5) is 9.18 Å². The number of likely N-dealkylation sites (tertiary alicyclic amines) is 1. The maximum absolute atomic E-state index is 13.5. The van der Waals surface area contributed by atoms with Crippen molar-refractivity contribution < 1.29 is 14.0 Å². The van der Waals surface area contributed by atoms with Gasteiger partial charge in [0, 0.05) is 29.7 Å². The Morgan fingerprint density at radius 2 is 1.95 bits per heavy atom. The number of carbonyl (C=O) groups excluding carboxylic acids is 2. The van der Waals surface area contributed by atoms with E-state index in [4.69, 9.17) is 0 Å². The topological polar surface area (TPSA) is 61.4 Å². The van der Waals surface area contributed by atoms with Crippen molar-refractivity contribution in [3.8, 4) is 0 Å². The molecule has 1 aliphatic heterocycles. The van der Waals surface area contributed by atoms with Crippen LogP contribution in [0.1, 0.15) is 18.4 Å². The molecule has 21 heavy (non-hydrogen) atoms. The monoisotopic (exact) mass is 357 g/mol. The third-order valence-corrected chi connectivity index (χ3v) is 3.80. The first-order valence-electron chi connectivity index (χ1n) is 6.79. The van der Waals surface area contributed by atoms with E-state index in [0.717, 1.165) is 30.4 Å². The Morgan fingerprint density at radius 3 is 2.67 bits per heavy atom. The van der Waals surface area contributed by atoms with Crippen molar-refractivity contribution >= 4 is 27.9 Å². The van der Waals surface area contributed by atoms with E-state index < -0.39 is 6.03 Å². The fourth-order valence-electron chi connectivity index (χ4n) is 2.15. The molecule has 0 saturated carbocycles. The molecule has 114 valence electrons. The van der Waals surface area contributed by atoms with Gasteiger partial charge < -0.3 is 15.5 Å². The second kappa shape index (κ2) is 7.40. The molecular weight excluding hydrogens is 341 g/mol. The number of nitrogens with zero attached hydrogens (tertiary/aromatic N) is 1. The number of halogens is 2. The molecule has 1 saturated heterocycles. The first-order chi connectivity index (χ1) is 10.1. The molecule has 2 rings (SSSR count). The number of hydrogen-bond donors (Lipinski definition) is 2. The minimum Gasteiger partial charge on any atom is -0.341 e. The Morgan fingerprint density at radius 1 is 1.24 bits per heavy atom. The molecule has 0 atom stereocenters. The number of nitrogens with one attached hydrogen (secondary N) is 2. The first kappa shape index (κ1) is 15.8. The fourth-order valence-corrected chi connectivity index (χ4v) is 2.56. The molecule has 1 aromatic rings. The van der Waals surface area contributed by atoms with Gasteiger partial charge in [-0.1, -0.05) is 15.9 Å². The van der Waals surface area contributed by atoms with E-state index in [9.17, 15) is 14.0 Å². The summed E-state index contributed by atoms with van der Waals surface area (Å²) in [6.45, 7) is 1.54. The summed E-state index contributed by atoms with van der Waals surface area (Å²) in [5, 5.41) is 5.02. The number of carbonyl (C=O) groups is 2. The molecule has 3 amide bonds. The van der Waals surface area contributed by atoms with Gasteiger partial charge in [0.15, 0.2) is 0 Å². The van der Waals surface area contributed by atoms with Gasteiger partial charge in [0.2, 0.25) is 5.91 Å². The van der Waals surface area contributed by atoms with Crippen LogP contribution in [0.3, 0.4) is 0 Å². The lowest BCUT2D eigenvalue weighted by Crippen LogP contribution is -2.42. The Hall–Kier alpha value is -1.63. The van der Waals surface area contributed by atoms with Crippen LogP contribution in [0.2, 0.25) is 0 Å². The lowest BCUT2D eigenvalue weighted by atomic mass is 10.2. The van der Waals surface area contributed by atoms with Crippen LogP contribution in [0.25, 0.3) is 0 Å². The van der Waals surface area contributed by atoms with Crippen LogP contribution in [-0.2, 0) is 11.3 Å². The van der Waals surface area contributed by atoms with Crippen LogP contribution in [0.15, 0.2) is 22.7 Å². The minimum atomic E-state index is -0.484. The lowest BCUT2D eigenvalue weighted by Gasteiger charge is -2.15. The second-order valence-corrected chi connectivity index (χ2v) is 5.78. The summed E-state index contributed by atoms with van der Waals surface area (Å²) >= 11 is 3.25. The summed E-state index contributed by atoms with van der Waals surface area (Å²) in [5.74, 6) is -0.470. The van der Waals surface area contributed by atoms with Crippen LogP contribution < -0.4 is 10.6 Å². The van der Waals surface area contributed by atoms with Crippen molar-refractivity contribution in [2.75, 3.05) is 19.6 Å². The molecule has 2 N–H and O–H groups in total. The van der Waals surface area contributed by atoms with E-state index in [1.165, 1.54) is 6.07 Å². The van der Waals surface area contributed by atoms with Gasteiger partial charge in [-0.3, -0.25) is 4.79 Å². The molecule has 0 aliphatic carbocycles. The zero-order valence-electron chi connectivity index (χ0n) is 11.5. The van der Waals surface area contributed by atoms with E-state index in [1.54, 1.807) is 17.0 Å². The number of hydrogen-bond acceptors (Lipinski definition) is 2. The quantitative estimate of drug-likeness (QED) is 0.865. The molecule has 0 spiro atoms. The van der Waals surface area contributed by atoms with E-state index >= 15 is 0 Å². The summed E-state index contributed by atoms with van der Waals surface area (Å²) in [6, 6.07) is 4.04. The number of urea groups is 1. The van der Waals surface area contributed by atoms with Crippen LogP contribution in [-0.4, -0.2) is 36.5 Å². The molecule has 1 aliphatic rings. The normalized spacial score (nSPS) is 14.1. The average Bonchev–Trinajstić information content (AvgIpc) is 3.00. The van der Waals surface area contributed by atoms with E-state index in [-0.39, 0.29) is 24.8 Å². The molecular formula is C14H17BrFN3O2. The van der Waals surface area contributed by atoms with Crippen molar-refractivity contribution in [1.29, 1.82) is 0 Å². The molecule has 0 aromatic heterocycles. The maximum atomic E-state index is 13.5. The Balaban J connectivity index is 1.74. The highest BCUT2D eigenvalue weighted by atomic mass is 79.9. The van der Waals surface area contributed by atoms with Crippen molar-refractivity contribution in [3.63, 3.8) is 0 Å². The Labute approximate surface area is 131 Å². The molecule has 7 heteroatoms. The van der Waals surface area contributed by atoms with E-state index in [1.807, 2.05) is 0 Å². The fraction of sp³-hybridized carbons (Fsp3) is 0.429. The largest absolute Gasteiger partial charge is 0.341 e. The Bertz CT molecular complexity index is 533. The zero-order chi connectivity index (χ0) is 15.2. The van der Waals surface area contributed by atoms with Gasteiger partial charge in [-0.25, -0.2) is 9.18 Å². The highest BCUT2D eigenvalue weighted by Crippen LogP contribution is 2.15. The second-order valence-electron chi connectivity index (χ2n) is 4.86. The summed E-state index contributed by atoms with van der Waals surface area (Å²) < 4.78 is 14.2. The van der Waals surface area contributed by atoms with Crippen molar-refractivity contribution in [2.24, 2.45) is 0 Å². The zero-order valence-corrected chi connectivity index (χ0v) is 13.1. The van der Waals surface area contributed by atoms with Gasteiger partial charge >= 0.3 is 6.03 Å². The van der Waals surface area contributed by atoms with Gasteiger partial charge in [-0.15, -0.1) is 0 Å². The van der Waals surface area contributed by atoms with Crippen LogP contribution >= 0.6 is 15.9 Å². The molecule has 0 bridgehead atoms. The highest BCUT2D eigenvalue weighted by Gasteiger charge is 2.18. The lowest BCUT2D eigenvalue weighted by molar-refractivity contribution is -0.128. The molecule has 1 fully saturated rings. The van der Waals surface area contributed by atoms with Gasteiger partial charge in [-0.05, 0) is 31.0 Å². The first-order valence-corrected chi connectivity index (χ1v) is 7.59. The van der Waals surface area contributed by atoms with Crippen LogP contribution in [0, 0.1) is 5.82 Å². The average molecular weight is 358 g/mol. The predicted molar refractivity (Wildman–Crippen MR) is 80.2 cm³/mol. The number of amides is 3. The summed E-state index contributed by atoms with van der Waals surface area (Å²) in [7, 11) is 0. The highest BCUT2D eigenvalue weighted by molar-refractivity contribution is 9.10. The van der Waals surface area contributed by atoms with Gasteiger partial charge in [0.25, 0.3) is 0 Å². The van der Waals surface area contributed by atoms with Crippen LogP contribution in [0.5, 0.6) is 0 Å². The third-order valence-electron chi connectivity index (χ3n) is 3.31. The maximum Gasteiger partial charge on any atom is 0.315 e. The van der Waals surface area contributed by atoms with Gasteiger partial charge in [-0.2, -0.15) is 0 Å². The molecule has 0 radical (unpaired) electrons. The van der Waals surface area contributed by atoms with Crippen molar-refractivity contribution in [1.82, 2.24) is 15.5 Å². The molecule has 0 unspecified atom stereocenters. The summed E-state index contributed by atoms with van der Waals surface area (Å²) in [6.07, 6.45) is 2.03. The minimum absolute atomic E-state index is 0.0349. The van der Waals surface area contributed by atoms with Gasteiger partial charge in [0.05, 0.1) is 6.54 Å². The van der Waals surface area contributed by atoms with E-state index in [2.05, 4.69) is 26.6 Å². The number of rotatable bonds is 4. The van der Waals surface area contributed by atoms with Gasteiger partial charge in [0.1, 0.15) is 5.82 Å². The molecule has 1 aromatic carbocycles. The third kappa shape index (κ3) is 4.70. The molecule has 1 heterocycles. The number of benzene rings is 1. The smallest absolute Gasteiger partial charge is 0.315 e. The predicted octanol–water partition coefficient (Wildman–Crippen LogP) is 2.01. The SMILES string of the molecule is O=C(NCC(=O)N1CCCC1)NCc1cc(Br)ccc1F. The van der Waals surface area contributed by atoms with Crippen molar-refractivity contribution in [3.05, 3.63) is 34.1 Å². The summed E-state index contributed by atoms with van der Waals surface area (Å²) in [4.78, 5) is 25.1. The van der Waals surface area contributed by atoms with Crippen molar-refractivity contribution in [2.45, 2.75) is 19.4 Å². The van der Waals surface area contributed by atoms with E-state index in [0.29, 0.717) is 5.56 Å². The molecule has 5 nitrogen and oxygen atoms in total. The Kier molecular flexibility index (Phi) is 5.55. The summed E-state index contributed by atoms with van der Waals surface area (Å²) in [5.41, 5.74) is 0.380. The standard InChI is InChI=1S/C14H17BrFN3O2/c15-11-3-4-12(16)10(7-11)8-17-14(21)18-9-13(20)19-5-1-2-6-19/h3-4,7H,1-2,5-6,8-9H2,(H2,17,18,21).